The Morgan fingerprint density at radius 1 is 1.31 bits per heavy atom. The van der Waals surface area contributed by atoms with Crippen molar-refractivity contribution in [1.82, 2.24) is 10.3 Å². The summed E-state index contributed by atoms with van der Waals surface area (Å²) in [5.74, 6) is -0.262. The number of nitrogens with one attached hydrogen (secondary N) is 2. The largest absolute Gasteiger partial charge is 0.366 e. The molecule has 2 aromatic rings. The average molecular weight is 352 g/mol. The van der Waals surface area contributed by atoms with E-state index in [-0.39, 0.29) is 5.82 Å². The monoisotopic (exact) mass is 352 g/mol. The number of benzene rings is 1. The summed E-state index contributed by atoms with van der Waals surface area (Å²) in [7, 11) is 0. The van der Waals surface area contributed by atoms with Crippen LogP contribution in [-0.2, 0) is 0 Å². The number of rotatable bonds is 5. The zero-order valence-electron chi connectivity index (χ0n) is 15.3. The molecule has 0 bridgehead atoms. The lowest BCUT2D eigenvalue weighted by Gasteiger charge is -2.31. The van der Waals surface area contributed by atoms with Crippen molar-refractivity contribution in [1.29, 1.82) is 0 Å². The van der Waals surface area contributed by atoms with Crippen LogP contribution in [0.2, 0.25) is 0 Å². The Balaban J connectivity index is 2.04. The molecule has 0 amide bonds. The lowest BCUT2D eigenvalue weighted by molar-refractivity contribution is 0.589. The van der Waals surface area contributed by atoms with Gasteiger partial charge in [0.05, 0.1) is 23.3 Å². The van der Waals surface area contributed by atoms with Crippen LogP contribution in [0.3, 0.4) is 0 Å². The first-order valence-corrected chi connectivity index (χ1v) is 8.87. The van der Waals surface area contributed by atoms with E-state index in [0.29, 0.717) is 11.3 Å². The Bertz CT molecular complexity index is 823. The zero-order chi connectivity index (χ0) is 18.5. The van der Waals surface area contributed by atoms with Gasteiger partial charge in [0.2, 0.25) is 0 Å². The van der Waals surface area contributed by atoms with E-state index >= 15 is 0 Å². The minimum atomic E-state index is -0.262. The average Bonchev–Trinajstić information content (AvgIpc) is 2.64. The molecular weight excluding hydrogens is 327 g/mol. The Hall–Kier alpha value is -2.66. The number of hydrogen-bond acceptors (Lipinski definition) is 4. The molecule has 0 saturated carbocycles. The molecule has 1 saturated heterocycles. The Labute approximate surface area is 154 Å². The van der Waals surface area contributed by atoms with E-state index in [2.05, 4.69) is 27.1 Å². The van der Waals surface area contributed by atoms with Crippen molar-refractivity contribution in [3.05, 3.63) is 66.3 Å². The number of piperazine rings is 1. The van der Waals surface area contributed by atoms with Crippen LogP contribution in [0, 0.1) is 12.7 Å². The predicted octanol–water partition coefficient (Wildman–Crippen LogP) is 4.11. The van der Waals surface area contributed by atoms with Crippen molar-refractivity contribution in [2.24, 2.45) is 0 Å². The van der Waals surface area contributed by atoms with E-state index in [1.165, 1.54) is 6.07 Å². The molecule has 136 valence electrons. The number of aryl methyl sites for hydroxylation is 1. The molecule has 5 heteroatoms. The zero-order valence-corrected chi connectivity index (χ0v) is 15.3. The van der Waals surface area contributed by atoms with Crippen LogP contribution in [0.15, 0.2) is 54.9 Å². The third-order valence-electron chi connectivity index (χ3n) is 4.44. The number of aromatic nitrogens is 1. The van der Waals surface area contributed by atoms with Gasteiger partial charge in [0.25, 0.3) is 0 Å². The highest BCUT2D eigenvalue weighted by Crippen LogP contribution is 2.32. The number of halogens is 1. The van der Waals surface area contributed by atoms with E-state index < -0.39 is 0 Å². The van der Waals surface area contributed by atoms with E-state index in [1.807, 2.05) is 38.3 Å². The second kappa shape index (κ2) is 8.15. The van der Waals surface area contributed by atoms with Gasteiger partial charge in [0, 0.05) is 37.4 Å². The lowest BCUT2D eigenvalue weighted by atomic mass is 10.1. The van der Waals surface area contributed by atoms with E-state index in [0.717, 1.165) is 48.8 Å². The molecule has 1 fully saturated rings. The molecule has 1 aliphatic heterocycles. The van der Waals surface area contributed by atoms with Gasteiger partial charge >= 0.3 is 0 Å². The standard InChI is InChI=1S/C21H25FN4/c1-4-5-16(3)25-20-13-19(17-12-15(2)6-7-18(17)22)24-14-21(20)26-10-8-23-9-11-26/h4-7,12-14,23H,1,8-11H2,2-3H3,(H,24,25)/b16-5+. The quantitative estimate of drug-likeness (QED) is 0.795. The Kier molecular flexibility index (Phi) is 5.68. The Morgan fingerprint density at radius 2 is 2.08 bits per heavy atom. The molecule has 0 unspecified atom stereocenters. The van der Waals surface area contributed by atoms with Crippen LogP contribution in [0.25, 0.3) is 11.3 Å². The normalized spacial score (nSPS) is 15.0. The van der Waals surface area contributed by atoms with Gasteiger partial charge in [-0.1, -0.05) is 24.3 Å². The summed E-state index contributed by atoms with van der Waals surface area (Å²) in [6.45, 7) is 11.4. The first-order valence-electron chi connectivity index (χ1n) is 8.87. The van der Waals surface area contributed by atoms with Crippen molar-refractivity contribution < 1.29 is 4.39 Å². The van der Waals surface area contributed by atoms with Crippen LogP contribution in [0.5, 0.6) is 0 Å². The number of hydrogen-bond donors (Lipinski definition) is 2. The summed E-state index contributed by atoms with van der Waals surface area (Å²) in [4.78, 5) is 6.85. The number of allylic oxidation sites excluding steroid dienone is 3. The lowest BCUT2D eigenvalue weighted by Crippen LogP contribution is -2.43. The van der Waals surface area contributed by atoms with Crippen LogP contribution in [0.4, 0.5) is 15.8 Å². The molecule has 4 nitrogen and oxygen atoms in total. The molecular formula is C21H25FN4. The maximum Gasteiger partial charge on any atom is 0.132 e. The van der Waals surface area contributed by atoms with Crippen LogP contribution in [0.1, 0.15) is 12.5 Å². The van der Waals surface area contributed by atoms with E-state index in [4.69, 9.17) is 0 Å². The summed E-state index contributed by atoms with van der Waals surface area (Å²) in [5, 5.41) is 6.78. The molecule has 2 heterocycles. The highest BCUT2D eigenvalue weighted by atomic mass is 19.1. The van der Waals surface area contributed by atoms with Gasteiger partial charge in [0.15, 0.2) is 0 Å². The van der Waals surface area contributed by atoms with E-state index in [9.17, 15) is 4.39 Å². The number of anilines is 2. The van der Waals surface area contributed by atoms with Crippen molar-refractivity contribution in [3.8, 4) is 11.3 Å². The number of nitrogens with zero attached hydrogens (tertiary/aromatic N) is 2. The molecule has 2 N–H and O–H groups in total. The van der Waals surface area contributed by atoms with E-state index in [1.54, 1.807) is 12.1 Å². The fourth-order valence-electron chi connectivity index (χ4n) is 3.12. The molecule has 1 aliphatic rings. The van der Waals surface area contributed by atoms with Crippen molar-refractivity contribution >= 4 is 11.4 Å². The third kappa shape index (κ3) is 4.11. The van der Waals surface area contributed by atoms with Gasteiger partial charge in [0.1, 0.15) is 5.82 Å². The van der Waals surface area contributed by atoms with Gasteiger partial charge in [-0.25, -0.2) is 4.39 Å². The minimum Gasteiger partial charge on any atom is -0.366 e. The highest BCUT2D eigenvalue weighted by molar-refractivity contribution is 5.77. The summed E-state index contributed by atoms with van der Waals surface area (Å²) >= 11 is 0. The van der Waals surface area contributed by atoms with Gasteiger partial charge < -0.3 is 15.5 Å². The van der Waals surface area contributed by atoms with Crippen molar-refractivity contribution in [2.75, 3.05) is 36.4 Å². The fourth-order valence-corrected chi connectivity index (χ4v) is 3.12. The smallest absolute Gasteiger partial charge is 0.132 e. The molecule has 0 spiro atoms. The third-order valence-corrected chi connectivity index (χ3v) is 4.44. The summed E-state index contributed by atoms with van der Waals surface area (Å²) in [5.41, 5.74) is 5.07. The summed E-state index contributed by atoms with van der Waals surface area (Å²) < 4.78 is 14.3. The molecule has 26 heavy (non-hydrogen) atoms. The van der Waals surface area contributed by atoms with Crippen LogP contribution >= 0.6 is 0 Å². The summed E-state index contributed by atoms with van der Waals surface area (Å²) in [6, 6.07) is 7.02. The SMILES string of the molecule is C=C/C=C(\C)Nc1cc(-c2cc(C)ccc2F)ncc1N1CCNCC1. The second-order valence-corrected chi connectivity index (χ2v) is 6.52. The van der Waals surface area contributed by atoms with Gasteiger partial charge in [-0.15, -0.1) is 0 Å². The first kappa shape index (κ1) is 18.1. The van der Waals surface area contributed by atoms with Crippen LogP contribution in [-0.4, -0.2) is 31.2 Å². The van der Waals surface area contributed by atoms with Crippen molar-refractivity contribution in [2.45, 2.75) is 13.8 Å². The maximum absolute atomic E-state index is 14.3. The fraction of sp³-hybridized carbons (Fsp3) is 0.286. The molecule has 0 radical (unpaired) electrons. The molecule has 3 rings (SSSR count). The topological polar surface area (TPSA) is 40.2 Å². The maximum atomic E-state index is 14.3. The first-order chi connectivity index (χ1) is 12.6. The molecule has 1 aromatic heterocycles. The van der Waals surface area contributed by atoms with Gasteiger partial charge in [-0.3, -0.25) is 4.98 Å². The molecule has 0 aliphatic carbocycles. The predicted molar refractivity (Wildman–Crippen MR) is 107 cm³/mol. The highest BCUT2D eigenvalue weighted by Gasteiger charge is 2.17. The van der Waals surface area contributed by atoms with Gasteiger partial charge in [-0.05, 0) is 38.1 Å². The minimum absolute atomic E-state index is 0.262. The van der Waals surface area contributed by atoms with Crippen molar-refractivity contribution in [3.63, 3.8) is 0 Å². The second-order valence-electron chi connectivity index (χ2n) is 6.52. The van der Waals surface area contributed by atoms with Crippen LogP contribution < -0.4 is 15.5 Å². The van der Waals surface area contributed by atoms with Gasteiger partial charge in [-0.2, -0.15) is 0 Å². The number of pyridine rings is 1. The summed E-state index contributed by atoms with van der Waals surface area (Å²) in [6.07, 6.45) is 5.50. The Morgan fingerprint density at radius 3 is 2.81 bits per heavy atom. The molecule has 1 aromatic carbocycles. The molecule has 0 atom stereocenters.